The molecule has 18 heavy (non-hydrogen) atoms. The second-order valence-corrected chi connectivity index (χ2v) is 5.52. The van der Waals surface area contributed by atoms with Crippen LogP contribution < -0.4 is 0 Å². The van der Waals surface area contributed by atoms with Gasteiger partial charge in [-0.25, -0.2) is 4.79 Å². The highest BCUT2D eigenvalue weighted by Crippen LogP contribution is 2.25. The van der Waals surface area contributed by atoms with Crippen molar-refractivity contribution in [3.63, 3.8) is 0 Å². The van der Waals surface area contributed by atoms with Crippen LogP contribution in [0.1, 0.15) is 46.0 Å². The van der Waals surface area contributed by atoms with Crippen molar-refractivity contribution in [1.82, 2.24) is 0 Å². The Morgan fingerprint density at radius 3 is 2.50 bits per heavy atom. The van der Waals surface area contributed by atoms with Crippen molar-refractivity contribution >= 4 is 5.97 Å². The van der Waals surface area contributed by atoms with Crippen LogP contribution in [-0.4, -0.2) is 26.3 Å². The molecule has 0 amide bonds. The van der Waals surface area contributed by atoms with Gasteiger partial charge in [0.1, 0.15) is 0 Å². The lowest BCUT2D eigenvalue weighted by Crippen LogP contribution is -2.17. The Morgan fingerprint density at radius 1 is 1.28 bits per heavy atom. The lowest BCUT2D eigenvalue weighted by Gasteiger charge is -2.19. The van der Waals surface area contributed by atoms with Gasteiger partial charge in [0.2, 0.25) is 0 Å². The minimum atomic E-state index is -0.212. The maximum atomic E-state index is 11.9. The number of esters is 1. The smallest absolute Gasteiger partial charge is 0.336 e. The monoisotopic (exact) mass is 254 g/mol. The summed E-state index contributed by atoms with van der Waals surface area (Å²) in [7, 11) is 1.62. The third-order valence-corrected chi connectivity index (χ3v) is 3.20. The van der Waals surface area contributed by atoms with E-state index in [1.54, 1.807) is 7.11 Å². The molecular weight excluding hydrogens is 228 g/mol. The van der Waals surface area contributed by atoms with Crippen LogP contribution in [0.25, 0.3) is 0 Å². The molecule has 0 N–H and O–H groups in total. The van der Waals surface area contributed by atoms with E-state index in [0.717, 1.165) is 0 Å². The topological polar surface area (TPSA) is 35.5 Å². The van der Waals surface area contributed by atoms with Gasteiger partial charge in [-0.15, -0.1) is 0 Å². The second-order valence-electron chi connectivity index (χ2n) is 5.52. The number of hydrogen-bond donors (Lipinski definition) is 0. The van der Waals surface area contributed by atoms with E-state index in [4.69, 9.17) is 9.47 Å². The molecule has 3 heteroatoms. The van der Waals surface area contributed by atoms with Crippen LogP contribution in [0.4, 0.5) is 0 Å². The van der Waals surface area contributed by atoms with E-state index in [2.05, 4.69) is 6.08 Å². The number of hydrogen-bond acceptors (Lipinski definition) is 3. The van der Waals surface area contributed by atoms with Gasteiger partial charge >= 0.3 is 5.97 Å². The Hall–Kier alpha value is -0.830. The minimum Gasteiger partial charge on any atom is -0.462 e. The van der Waals surface area contributed by atoms with Gasteiger partial charge in [-0.3, -0.25) is 0 Å². The van der Waals surface area contributed by atoms with Gasteiger partial charge < -0.3 is 9.47 Å². The number of allylic oxidation sites excluding steroid dienone is 1. The first-order valence-electron chi connectivity index (χ1n) is 7.00. The molecule has 0 atom stereocenters. The lowest BCUT2D eigenvalue weighted by molar-refractivity contribution is -0.140. The zero-order valence-corrected chi connectivity index (χ0v) is 11.9. The largest absolute Gasteiger partial charge is 0.462 e. The fourth-order valence-corrected chi connectivity index (χ4v) is 2.25. The Labute approximate surface area is 111 Å². The summed E-state index contributed by atoms with van der Waals surface area (Å²) < 4.78 is 10.4. The molecule has 1 saturated carbocycles. The van der Waals surface area contributed by atoms with Crippen LogP contribution in [-0.2, 0) is 14.3 Å². The quantitative estimate of drug-likeness (QED) is 0.538. The van der Waals surface area contributed by atoms with Gasteiger partial charge in [-0.05, 0) is 24.7 Å². The Balaban J connectivity index is 2.55. The van der Waals surface area contributed by atoms with E-state index in [1.807, 2.05) is 13.8 Å². The van der Waals surface area contributed by atoms with Crippen molar-refractivity contribution < 1.29 is 14.3 Å². The highest BCUT2D eigenvalue weighted by Gasteiger charge is 2.17. The molecule has 0 spiro atoms. The first-order valence-corrected chi connectivity index (χ1v) is 7.00. The van der Waals surface area contributed by atoms with Crippen LogP contribution in [0, 0.1) is 11.8 Å². The maximum Gasteiger partial charge on any atom is 0.336 e. The van der Waals surface area contributed by atoms with Crippen molar-refractivity contribution in [2.75, 3.05) is 20.3 Å². The number of ether oxygens (including phenoxy) is 2. The molecule has 1 aliphatic rings. The summed E-state index contributed by atoms with van der Waals surface area (Å²) >= 11 is 0. The fourth-order valence-electron chi connectivity index (χ4n) is 2.25. The van der Waals surface area contributed by atoms with Crippen molar-refractivity contribution in [3.8, 4) is 0 Å². The van der Waals surface area contributed by atoms with Crippen LogP contribution in [0.3, 0.4) is 0 Å². The van der Waals surface area contributed by atoms with Crippen LogP contribution in [0.2, 0.25) is 0 Å². The Morgan fingerprint density at radius 2 is 1.94 bits per heavy atom. The summed E-state index contributed by atoms with van der Waals surface area (Å²) in [6, 6.07) is 0. The summed E-state index contributed by atoms with van der Waals surface area (Å²) in [5.74, 6) is 0.680. The summed E-state index contributed by atoms with van der Waals surface area (Å²) in [5, 5.41) is 0. The van der Waals surface area contributed by atoms with Gasteiger partial charge in [0.15, 0.2) is 0 Å². The molecule has 0 aromatic heterocycles. The predicted octanol–water partition coefficient (Wildman–Crippen LogP) is 3.34. The van der Waals surface area contributed by atoms with Crippen LogP contribution in [0.15, 0.2) is 11.6 Å². The summed E-state index contributed by atoms with van der Waals surface area (Å²) in [4.78, 5) is 11.9. The third-order valence-electron chi connectivity index (χ3n) is 3.20. The molecule has 1 rings (SSSR count). The van der Waals surface area contributed by atoms with E-state index in [-0.39, 0.29) is 5.97 Å². The van der Waals surface area contributed by atoms with E-state index >= 15 is 0 Å². The zero-order chi connectivity index (χ0) is 13.4. The van der Waals surface area contributed by atoms with Crippen molar-refractivity contribution in [2.24, 2.45) is 11.8 Å². The van der Waals surface area contributed by atoms with Gasteiger partial charge in [-0.2, -0.15) is 0 Å². The number of carbonyl (C=O) groups is 1. The molecule has 0 bridgehead atoms. The lowest BCUT2D eigenvalue weighted by atomic mass is 9.88. The van der Waals surface area contributed by atoms with E-state index in [9.17, 15) is 4.79 Å². The first-order chi connectivity index (χ1) is 8.63. The van der Waals surface area contributed by atoms with E-state index in [0.29, 0.717) is 30.6 Å². The second kappa shape index (κ2) is 8.30. The minimum absolute atomic E-state index is 0.212. The Bertz CT molecular complexity index is 275. The molecule has 104 valence electrons. The van der Waals surface area contributed by atoms with Gasteiger partial charge in [0.25, 0.3) is 0 Å². The van der Waals surface area contributed by atoms with Crippen molar-refractivity contribution in [2.45, 2.75) is 46.0 Å². The maximum absolute atomic E-state index is 11.9. The zero-order valence-electron chi connectivity index (χ0n) is 11.9. The molecule has 0 saturated heterocycles. The molecule has 0 aromatic rings. The summed E-state index contributed by atoms with van der Waals surface area (Å²) in [6.07, 6.45) is 8.30. The molecule has 0 aliphatic heterocycles. The van der Waals surface area contributed by atoms with Crippen molar-refractivity contribution in [1.29, 1.82) is 0 Å². The van der Waals surface area contributed by atoms with Gasteiger partial charge in [0, 0.05) is 7.11 Å². The fraction of sp³-hybridized carbons (Fsp3) is 0.800. The number of carbonyl (C=O) groups excluding carboxylic acids is 1. The van der Waals surface area contributed by atoms with Crippen molar-refractivity contribution in [3.05, 3.63) is 11.6 Å². The first kappa shape index (κ1) is 15.2. The molecule has 0 heterocycles. The van der Waals surface area contributed by atoms with E-state index in [1.165, 1.54) is 32.1 Å². The summed E-state index contributed by atoms with van der Waals surface area (Å²) in [6.45, 7) is 4.90. The highest BCUT2D eigenvalue weighted by atomic mass is 16.5. The SMILES string of the molecule is COCC(=CC1CCCCC1)C(=O)OCC(C)C. The van der Waals surface area contributed by atoms with Crippen LogP contribution in [0.5, 0.6) is 0 Å². The average molecular weight is 254 g/mol. The molecule has 0 unspecified atom stereocenters. The summed E-state index contributed by atoms with van der Waals surface area (Å²) in [5.41, 5.74) is 0.685. The standard InChI is InChI=1S/C15H26O3/c1-12(2)10-18-15(16)14(11-17-3)9-13-7-5-4-6-8-13/h9,12-13H,4-8,10-11H2,1-3H3. The molecule has 0 radical (unpaired) electrons. The third kappa shape index (κ3) is 5.67. The molecule has 1 fully saturated rings. The van der Waals surface area contributed by atoms with Crippen LogP contribution >= 0.6 is 0 Å². The average Bonchev–Trinajstić information content (AvgIpc) is 2.36. The van der Waals surface area contributed by atoms with E-state index < -0.39 is 0 Å². The number of rotatable bonds is 6. The predicted molar refractivity (Wildman–Crippen MR) is 72.3 cm³/mol. The molecule has 3 nitrogen and oxygen atoms in total. The molecule has 1 aliphatic carbocycles. The normalized spacial score (nSPS) is 18.1. The van der Waals surface area contributed by atoms with Gasteiger partial charge in [0.05, 0.1) is 18.8 Å². The highest BCUT2D eigenvalue weighted by molar-refractivity contribution is 5.88. The number of methoxy groups -OCH3 is 1. The van der Waals surface area contributed by atoms with Gasteiger partial charge in [-0.1, -0.05) is 39.2 Å². The molecular formula is C15H26O3. The Kier molecular flexibility index (Phi) is 7.02. The molecule has 0 aromatic carbocycles.